The quantitative estimate of drug-likeness (QED) is 0.674. The highest BCUT2D eigenvalue weighted by Crippen LogP contribution is 2.09. The number of carboxylic acid groups (broad SMARTS) is 1. The van der Waals surface area contributed by atoms with E-state index in [4.69, 9.17) is 9.84 Å². The maximum atomic E-state index is 11.6. The molecule has 106 valence electrons. The predicted octanol–water partition coefficient (Wildman–Crippen LogP) is 0.487. The highest BCUT2D eigenvalue weighted by Gasteiger charge is 2.10. The summed E-state index contributed by atoms with van der Waals surface area (Å²) in [4.78, 5) is 14.3. The van der Waals surface area contributed by atoms with Crippen LogP contribution < -0.4 is 4.72 Å². The van der Waals surface area contributed by atoms with Gasteiger partial charge in [-0.15, -0.1) is 0 Å². The molecule has 0 radical (unpaired) electrons. The summed E-state index contributed by atoms with van der Waals surface area (Å²) in [5.41, 5.74) is 0.682. The Kier molecular flexibility index (Phi) is 5.71. The lowest BCUT2D eigenvalue weighted by Crippen LogP contribution is -2.18. The molecule has 0 bridgehead atoms. The van der Waals surface area contributed by atoms with E-state index in [0.717, 1.165) is 0 Å². The van der Waals surface area contributed by atoms with Gasteiger partial charge in [0.2, 0.25) is 10.0 Å². The molecule has 19 heavy (non-hydrogen) atoms. The molecule has 2 N–H and O–H groups in total. The van der Waals surface area contributed by atoms with Crippen molar-refractivity contribution in [2.45, 2.75) is 12.8 Å². The van der Waals surface area contributed by atoms with Gasteiger partial charge in [0.05, 0.1) is 29.8 Å². The van der Waals surface area contributed by atoms with E-state index in [1.54, 1.807) is 0 Å². The molecule has 1 aromatic heterocycles. The van der Waals surface area contributed by atoms with Crippen molar-refractivity contribution in [2.24, 2.45) is 0 Å². The number of rotatable bonds is 8. The molecule has 1 rings (SSSR count). The van der Waals surface area contributed by atoms with Gasteiger partial charge in [0, 0.05) is 13.7 Å². The minimum absolute atomic E-state index is 0.0439. The van der Waals surface area contributed by atoms with Crippen LogP contribution in [0, 0.1) is 0 Å². The first-order valence-corrected chi connectivity index (χ1v) is 7.24. The van der Waals surface area contributed by atoms with E-state index >= 15 is 0 Å². The van der Waals surface area contributed by atoms with Gasteiger partial charge in [0.15, 0.2) is 0 Å². The van der Waals surface area contributed by atoms with E-state index in [9.17, 15) is 13.2 Å². The molecule has 0 amide bonds. The van der Waals surface area contributed by atoms with Crippen LogP contribution in [0.3, 0.4) is 0 Å². The number of aromatic nitrogens is 1. The summed E-state index contributed by atoms with van der Waals surface area (Å²) < 4.78 is 30.4. The van der Waals surface area contributed by atoms with E-state index in [1.807, 2.05) is 0 Å². The lowest BCUT2D eigenvalue weighted by atomic mass is 10.3. The van der Waals surface area contributed by atoms with Crippen molar-refractivity contribution in [3.63, 3.8) is 0 Å². The topological polar surface area (TPSA) is 106 Å². The number of carbonyl (C=O) groups is 1. The maximum absolute atomic E-state index is 11.6. The molecule has 0 fully saturated rings. The lowest BCUT2D eigenvalue weighted by Gasteiger charge is -2.07. The third kappa shape index (κ3) is 6.16. The van der Waals surface area contributed by atoms with Crippen LogP contribution >= 0.6 is 0 Å². The number of nitrogens with zero attached hydrogens (tertiary/aromatic N) is 1. The van der Waals surface area contributed by atoms with Crippen LogP contribution in [0.5, 0.6) is 0 Å². The smallest absolute Gasteiger partial charge is 0.309 e. The summed E-state index contributed by atoms with van der Waals surface area (Å²) in [5, 5.41) is 8.58. The van der Waals surface area contributed by atoms with E-state index in [1.165, 1.54) is 25.4 Å². The third-order valence-corrected chi connectivity index (χ3v) is 3.56. The van der Waals surface area contributed by atoms with Crippen LogP contribution in [0.4, 0.5) is 5.69 Å². The average Bonchev–Trinajstić information content (AvgIpc) is 2.31. The van der Waals surface area contributed by atoms with Gasteiger partial charge in [-0.2, -0.15) is 0 Å². The number of nitrogens with one attached hydrogen (secondary N) is 1. The van der Waals surface area contributed by atoms with E-state index < -0.39 is 16.0 Å². The first-order valence-electron chi connectivity index (χ1n) is 5.59. The highest BCUT2D eigenvalue weighted by atomic mass is 32.2. The molecule has 0 aliphatic rings. The summed E-state index contributed by atoms with van der Waals surface area (Å²) in [7, 11) is -1.92. The number of sulfonamides is 1. The van der Waals surface area contributed by atoms with Crippen LogP contribution in [-0.4, -0.2) is 43.9 Å². The number of carboxylic acids is 1. The largest absolute Gasteiger partial charge is 0.481 e. The Bertz CT molecular complexity index is 512. The fourth-order valence-electron chi connectivity index (χ4n) is 1.37. The number of methoxy groups -OCH3 is 1. The first-order chi connectivity index (χ1) is 8.93. The average molecular weight is 288 g/mol. The fraction of sp³-hybridized carbons (Fsp3) is 0.455. The first kappa shape index (κ1) is 15.4. The normalized spacial score (nSPS) is 11.2. The van der Waals surface area contributed by atoms with Crippen molar-refractivity contribution in [1.82, 2.24) is 4.98 Å². The summed E-state index contributed by atoms with van der Waals surface area (Å²) in [6.45, 7) is 0.372. The zero-order valence-corrected chi connectivity index (χ0v) is 11.3. The van der Waals surface area contributed by atoms with Gasteiger partial charge in [-0.05, 0) is 18.6 Å². The number of anilines is 1. The van der Waals surface area contributed by atoms with Gasteiger partial charge in [0.25, 0.3) is 0 Å². The van der Waals surface area contributed by atoms with Crippen LogP contribution in [0.15, 0.2) is 18.3 Å². The minimum atomic E-state index is -3.43. The Labute approximate surface area is 111 Å². The second-order valence-corrected chi connectivity index (χ2v) is 5.72. The van der Waals surface area contributed by atoms with Crippen molar-refractivity contribution in [2.75, 3.05) is 24.2 Å². The molecule has 0 spiro atoms. The van der Waals surface area contributed by atoms with E-state index in [-0.39, 0.29) is 12.2 Å². The van der Waals surface area contributed by atoms with Crippen molar-refractivity contribution in [3.8, 4) is 0 Å². The number of aliphatic carboxylic acids is 1. The number of hydrogen-bond donors (Lipinski definition) is 2. The molecule has 0 aliphatic heterocycles. The van der Waals surface area contributed by atoms with Gasteiger partial charge < -0.3 is 9.84 Å². The molecule has 8 heteroatoms. The van der Waals surface area contributed by atoms with Crippen molar-refractivity contribution >= 4 is 21.7 Å². The SMILES string of the molecule is COCCCS(=O)(=O)Nc1ccc(CC(=O)O)nc1. The predicted molar refractivity (Wildman–Crippen MR) is 69.5 cm³/mol. The fourth-order valence-corrected chi connectivity index (χ4v) is 2.45. The van der Waals surface area contributed by atoms with Crippen molar-refractivity contribution < 1.29 is 23.1 Å². The van der Waals surface area contributed by atoms with E-state index in [0.29, 0.717) is 24.4 Å². The highest BCUT2D eigenvalue weighted by molar-refractivity contribution is 7.92. The van der Waals surface area contributed by atoms with Crippen LogP contribution in [0.2, 0.25) is 0 Å². The Morgan fingerprint density at radius 3 is 2.74 bits per heavy atom. The molecule has 0 saturated heterocycles. The summed E-state index contributed by atoms with van der Waals surface area (Å²) in [5.74, 6) is -1.03. The third-order valence-electron chi connectivity index (χ3n) is 2.19. The monoisotopic (exact) mass is 288 g/mol. The Hall–Kier alpha value is -1.67. The summed E-state index contributed by atoms with van der Waals surface area (Å²) in [6.07, 6.45) is 1.50. The standard InChI is InChI=1S/C11H16N2O5S/c1-18-5-2-6-19(16,17)13-10-4-3-9(12-8-10)7-11(14)15/h3-4,8,13H,2,5-7H2,1H3,(H,14,15). The van der Waals surface area contributed by atoms with Crippen LogP contribution in [0.25, 0.3) is 0 Å². The molecule has 1 aromatic rings. The van der Waals surface area contributed by atoms with Crippen LogP contribution in [-0.2, 0) is 26.0 Å². The summed E-state index contributed by atoms with van der Waals surface area (Å²) in [6, 6.07) is 2.96. The van der Waals surface area contributed by atoms with Gasteiger partial charge in [-0.1, -0.05) is 0 Å². The number of ether oxygens (including phenoxy) is 1. The Morgan fingerprint density at radius 2 is 2.21 bits per heavy atom. The number of hydrogen-bond acceptors (Lipinski definition) is 5. The second-order valence-electron chi connectivity index (χ2n) is 3.88. The molecule has 0 aromatic carbocycles. The Balaban J connectivity index is 2.59. The number of pyridine rings is 1. The molecule has 0 aliphatic carbocycles. The van der Waals surface area contributed by atoms with Gasteiger partial charge >= 0.3 is 5.97 Å². The summed E-state index contributed by atoms with van der Waals surface area (Å²) >= 11 is 0. The zero-order valence-electron chi connectivity index (χ0n) is 10.5. The zero-order chi connectivity index (χ0) is 14.3. The van der Waals surface area contributed by atoms with Crippen molar-refractivity contribution in [3.05, 3.63) is 24.0 Å². The second kappa shape index (κ2) is 7.05. The van der Waals surface area contributed by atoms with Gasteiger partial charge in [0.1, 0.15) is 0 Å². The molecular formula is C11H16N2O5S. The minimum Gasteiger partial charge on any atom is -0.481 e. The molecule has 1 heterocycles. The molecule has 0 unspecified atom stereocenters. The molecular weight excluding hydrogens is 272 g/mol. The van der Waals surface area contributed by atoms with Gasteiger partial charge in [-0.25, -0.2) is 8.42 Å². The maximum Gasteiger partial charge on any atom is 0.309 e. The molecule has 0 saturated carbocycles. The van der Waals surface area contributed by atoms with Crippen molar-refractivity contribution in [1.29, 1.82) is 0 Å². The van der Waals surface area contributed by atoms with Gasteiger partial charge in [-0.3, -0.25) is 14.5 Å². The molecule has 0 atom stereocenters. The van der Waals surface area contributed by atoms with Crippen LogP contribution in [0.1, 0.15) is 12.1 Å². The Morgan fingerprint density at radius 1 is 1.47 bits per heavy atom. The lowest BCUT2D eigenvalue weighted by molar-refractivity contribution is -0.136. The van der Waals surface area contributed by atoms with E-state index in [2.05, 4.69) is 9.71 Å². The molecule has 7 nitrogen and oxygen atoms in total.